The van der Waals surface area contributed by atoms with Crippen molar-refractivity contribution in [2.75, 3.05) is 0 Å². The number of rotatable bonds is 2. The van der Waals surface area contributed by atoms with E-state index >= 15 is 0 Å². The summed E-state index contributed by atoms with van der Waals surface area (Å²) >= 11 is 1.58. The fraction of sp³-hybridized carbons (Fsp3) is 0.231. The second-order valence-electron chi connectivity index (χ2n) is 3.96. The molecule has 0 saturated heterocycles. The minimum absolute atomic E-state index is 0.305. The zero-order chi connectivity index (χ0) is 11.7. The van der Waals surface area contributed by atoms with E-state index in [1.807, 2.05) is 25.3 Å². The van der Waals surface area contributed by atoms with E-state index in [9.17, 15) is 9.50 Å². The lowest BCUT2D eigenvalue weighted by Gasteiger charge is -2.10. The predicted octanol–water partition coefficient (Wildman–Crippen LogP) is 3.59. The Bertz CT molecular complexity index is 484. The lowest BCUT2D eigenvalue weighted by atomic mass is 10.0. The van der Waals surface area contributed by atoms with Crippen LogP contribution in [0.4, 0.5) is 4.39 Å². The van der Waals surface area contributed by atoms with Gasteiger partial charge < -0.3 is 5.11 Å². The smallest absolute Gasteiger partial charge is 0.123 e. The predicted molar refractivity (Wildman–Crippen MR) is 64.3 cm³/mol. The fourth-order valence-corrected chi connectivity index (χ4v) is 2.45. The van der Waals surface area contributed by atoms with E-state index in [-0.39, 0.29) is 5.82 Å². The van der Waals surface area contributed by atoms with Gasteiger partial charge in [0.25, 0.3) is 0 Å². The monoisotopic (exact) mass is 236 g/mol. The van der Waals surface area contributed by atoms with E-state index in [2.05, 4.69) is 0 Å². The van der Waals surface area contributed by atoms with Gasteiger partial charge in [0.2, 0.25) is 0 Å². The van der Waals surface area contributed by atoms with Crippen LogP contribution < -0.4 is 0 Å². The van der Waals surface area contributed by atoms with Gasteiger partial charge in [-0.05, 0) is 54.1 Å². The van der Waals surface area contributed by atoms with Crippen LogP contribution in [0.15, 0.2) is 29.6 Å². The van der Waals surface area contributed by atoms with Crippen molar-refractivity contribution in [1.82, 2.24) is 0 Å². The molecule has 16 heavy (non-hydrogen) atoms. The van der Waals surface area contributed by atoms with Gasteiger partial charge in [0, 0.05) is 4.88 Å². The average molecular weight is 236 g/mol. The Morgan fingerprint density at radius 2 is 1.88 bits per heavy atom. The zero-order valence-electron chi connectivity index (χ0n) is 9.20. The zero-order valence-corrected chi connectivity index (χ0v) is 10.0. The first-order valence-corrected chi connectivity index (χ1v) is 5.94. The lowest BCUT2D eigenvalue weighted by molar-refractivity contribution is 0.220. The molecule has 1 atom stereocenters. The molecule has 0 amide bonds. The van der Waals surface area contributed by atoms with E-state index in [0.29, 0.717) is 5.56 Å². The highest BCUT2D eigenvalue weighted by atomic mass is 32.1. The Labute approximate surface area is 98.2 Å². The van der Waals surface area contributed by atoms with E-state index in [4.69, 9.17) is 0 Å². The Kier molecular flexibility index (Phi) is 3.08. The summed E-state index contributed by atoms with van der Waals surface area (Å²) in [6, 6.07) is 6.57. The lowest BCUT2D eigenvalue weighted by Crippen LogP contribution is -1.99. The highest BCUT2D eigenvalue weighted by Crippen LogP contribution is 2.27. The van der Waals surface area contributed by atoms with Crippen molar-refractivity contribution in [2.24, 2.45) is 0 Å². The number of aliphatic hydroxyl groups is 1. The SMILES string of the molecule is Cc1cc(F)cc(C(O)c2csc(C)c2)c1. The fourth-order valence-electron chi connectivity index (χ4n) is 1.72. The number of hydrogen-bond donors (Lipinski definition) is 1. The minimum Gasteiger partial charge on any atom is -0.384 e. The Balaban J connectivity index is 2.37. The maximum absolute atomic E-state index is 13.2. The normalized spacial score (nSPS) is 12.8. The molecule has 0 bridgehead atoms. The standard InChI is InChI=1S/C13H13FOS/c1-8-3-10(6-12(14)4-8)13(15)11-5-9(2)16-7-11/h3-7,13,15H,1-2H3. The molecule has 1 aromatic carbocycles. The van der Waals surface area contributed by atoms with Crippen molar-refractivity contribution in [3.05, 3.63) is 57.0 Å². The van der Waals surface area contributed by atoms with Gasteiger partial charge in [0.05, 0.1) is 0 Å². The van der Waals surface area contributed by atoms with Gasteiger partial charge in [-0.2, -0.15) is 0 Å². The third-order valence-corrected chi connectivity index (χ3v) is 3.33. The van der Waals surface area contributed by atoms with E-state index < -0.39 is 6.10 Å². The van der Waals surface area contributed by atoms with Gasteiger partial charge in [-0.1, -0.05) is 6.07 Å². The number of aliphatic hydroxyl groups excluding tert-OH is 1. The average Bonchev–Trinajstić information content (AvgIpc) is 2.62. The first-order chi connectivity index (χ1) is 7.56. The summed E-state index contributed by atoms with van der Waals surface area (Å²) in [4.78, 5) is 1.14. The Morgan fingerprint density at radius 1 is 1.12 bits per heavy atom. The number of thiophene rings is 1. The van der Waals surface area contributed by atoms with Crippen LogP contribution >= 0.6 is 11.3 Å². The van der Waals surface area contributed by atoms with Gasteiger partial charge in [-0.3, -0.25) is 0 Å². The summed E-state index contributed by atoms with van der Waals surface area (Å²) in [6.07, 6.45) is -0.737. The molecule has 0 aliphatic carbocycles. The quantitative estimate of drug-likeness (QED) is 0.845. The number of aryl methyl sites for hydroxylation is 2. The maximum Gasteiger partial charge on any atom is 0.123 e. The van der Waals surface area contributed by atoms with E-state index in [0.717, 1.165) is 16.0 Å². The molecule has 84 valence electrons. The highest BCUT2D eigenvalue weighted by molar-refractivity contribution is 7.10. The molecule has 0 aliphatic heterocycles. The van der Waals surface area contributed by atoms with Gasteiger partial charge in [0.15, 0.2) is 0 Å². The van der Waals surface area contributed by atoms with Crippen LogP contribution in [-0.2, 0) is 0 Å². The van der Waals surface area contributed by atoms with E-state index in [1.165, 1.54) is 12.1 Å². The first kappa shape index (κ1) is 11.3. The summed E-state index contributed by atoms with van der Waals surface area (Å²) in [5.74, 6) is -0.305. The van der Waals surface area contributed by atoms with Crippen LogP contribution in [0, 0.1) is 19.7 Å². The van der Waals surface area contributed by atoms with Crippen molar-refractivity contribution in [2.45, 2.75) is 20.0 Å². The molecule has 0 spiro atoms. The Hall–Kier alpha value is -1.19. The van der Waals surface area contributed by atoms with Gasteiger partial charge in [0.1, 0.15) is 11.9 Å². The van der Waals surface area contributed by atoms with Crippen molar-refractivity contribution in [3.8, 4) is 0 Å². The van der Waals surface area contributed by atoms with Crippen LogP contribution in [-0.4, -0.2) is 5.11 Å². The molecular formula is C13H13FOS. The van der Waals surface area contributed by atoms with E-state index in [1.54, 1.807) is 17.4 Å². The number of benzene rings is 1. The molecule has 0 radical (unpaired) electrons. The maximum atomic E-state index is 13.2. The van der Waals surface area contributed by atoms with Crippen LogP contribution in [0.1, 0.15) is 27.7 Å². The summed E-state index contributed by atoms with van der Waals surface area (Å²) in [5, 5.41) is 12.0. The van der Waals surface area contributed by atoms with Crippen LogP contribution in [0.2, 0.25) is 0 Å². The topological polar surface area (TPSA) is 20.2 Å². The molecule has 2 rings (SSSR count). The molecule has 1 unspecified atom stereocenters. The second-order valence-corrected chi connectivity index (χ2v) is 5.07. The largest absolute Gasteiger partial charge is 0.384 e. The number of halogens is 1. The van der Waals surface area contributed by atoms with Gasteiger partial charge in [-0.15, -0.1) is 11.3 Å². The van der Waals surface area contributed by atoms with Crippen LogP contribution in [0.25, 0.3) is 0 Å². The molecule has 0 aliphatic rings. The molecule has 0 fully saturated rings. The molecule has 1 aromatic heterocycles. The third kappa shape index (κ3) is 2.31. The van der Waals surface area contributed by atoms with Gasteiger partial charge in [-0.25, -0.2) is 4.39 Å². The van der Waals surface area contributed by atoms with Crippen molar-refractivity contribution < 1.29 is 9.50 Å². The van der Waals surface area contributed by atoms with Crippen molar-refractivity contribution >= 4 is 11.3 Å². The minimum atomic E-state index is -0.737. The summed E-state index contributed by atoms with van der Waals surface area (Å²) in [5.41, 5.74) is 2.25. The summed E-state index contributed by atoms with van der Waals surface area (Å²) < 4.78 is 13.2. The van der Waals surface area contributed by atoms with Crippen molar-refractivity contribution in [1.29, 1.82) is 0 Å². The molecule has 0 saturated carbocycles. The molecular weight excluding hydrogens is 223 g/mol. The third-order valence-electron chi connectivity index (χ3n) is 2.45. The van der Waals surface area contributed by atoms with Crippen molar-refractivity contribution in [3.63, 3.8) is 0 Å². The number of hydrogen-bond acceptors (Lipinski definition) is 2. The highest BCUT2D eigenvalue weighted by Gasteiger charge is 2.13. The second kappa shape index (κ2) is 4.36. The summed E-state index contributed by atoms with van der Waals surface area (Å²) in [6.45, 7) is 3.80. The van der Waals surface area contributed by atoms with Crippen LogP contribution in [0.5, 0.6) is 0 Å². The molecule has 1 nitrogen and oxygen atoms in total. The first-order valence-electron chi connectivity index (χ1n) is 5.06. The Morgan fingerprint density at radius 3 is 2.44 bits per heavy atom. The molecule has 2 aromatic rings. The molecule has 1 N–H and O–H groups in total. The molecule has 3 heteroatoms. The molecule has 1 heterocycles. The summed E-state index contributed by atoms with van der Waals surface area (Å²) in [7, 11) is 0. The van der Waals surface area contributed by atoms with Gasteiger partial charge >= 0.3 is 0 Å². The van der Waals surface area contributed by atoms with Crippen LogP contribution in [0.3, 0.4) is 0 Å².